The summed E-state index contributed by atoms with van der Waals surface area (Å²) in [5, 5.41) is 0.773. The normalized spacial score (nSPS) is 14.0. The van der Waals surface area contributed by atoms with Crippen LogP contribution in [0.2, 0.25) is 0 Å². The van der Waals surface area contributed by atoms with Gasteiger partial charge in [0, 0.05) is 17.6 Å². The zero-order valence-electron chi connectivity index (χ0n) is 15.4. The molecule has 0 bridgehead atoms. The van der Waals surface area contributed by atoms with Gasteiger partial charge in [-0.1, -0.05) is 12.1 Å². The van der Waals surface area contributed by atoms with Crippen molar-refractivity contribution in [1.29, 1.82) is 0 Å². The molecule has 4 rings (SSSR count). The summed E-state index contributed by atoms with van der Waals surface area (Å²) in [5.41, 5.74) is 1.69. The molecule has 0 radical (unpaired) electrons. The number of carbonyl (C=O) groups excluding carboxylic acids is 1. The first kappa shape index (κ1) is 19.1. The zero-order chi connectivity index (χ0) is 20.6. The Morgan fingerprint density at radius 1 is 1.31 bits per heavy atom. The minimum atomic E-state index is -3.70. The Labute approximate surface area is 167 Å². The minimum Gasteiger partial charge on any atom is -0.346 e. The number of carbonyl (C=O) groups is 1. The standard InChI is InChI=1S/C20H19FN4O3S/c1-2-9-29(27,28)24-18-6-3-13(10-17(18)21)16-11-19(25(12-26)14-4-5-14)23-20-15(16)7-8-22-20/h2-3,6-8,10-12,14,24H,1,4-5,9H2,(H,22,23). The molecular weight excluding hydrogens is 395 g/mol. The van der Waals surface area contributed by atoms with Crippen molar-refractivity contribution in [1.82, 2.24) is 9.97 Å². The van der Waals surface area contributed by atoms with E-state index in [1.807, 2.05) is 6.07 Å². The number of fused-ring (bicyclic) bond motifs is 1. The van der Waals surface area contributed by atoms with Gasteiger partial charge in [0.2, 0.25) is 16.4 Å². The number of pyridine rings is 1. The monoisotopic (exact) mass is 414 g/mol. The smallest absolute Gasteiger partial charge is 0.236 e. The molecule has 0 atom stereocenters. The Bertz CT molecular complexity index is 1200. The number of amides is 1. The van der Waals surface area contributed by atoms with Gasteiger partial charge in [0.15, 0.2) is 0 Å². The van der Waals surface area contributed by atoms with E-state index in [2.05, 4.69) is 21.3 Å². The SMILES string of the molecule is C=CCS(=O)(=O)Nc1ccc(-c2cc(N(C=O)C3CC3)nc3[nH]ccc23)cc1F. The van der Waals surface area contributed by atoms with Gasteiger partial charge in [-0.15, -0.1) is 6.58 Å². The number of sulfonamides is 1. The van der Waals surface area contributed by atoms with Crippen molar-refractivity contribution < 1.29 is 17.6 Å². The Kier molecular flexibility index (Phi) is 4.83. The molecule has 1 aromatic carbocycles. The van der Waals surface area contributed by atoms with Crippen LogP contribution in [0.1, 0.15) is 12.8 Å². The van der Waals surface area contributed by atoms with E-state index >= 15 is 0 Å². The fourth-order valence-corrected chi connectivity index (χ4v) is 4.10. The number of aromatic amines is 1. The quantitative estimate of drug-likeness (QED) is 0.436. The lowest BCUT2D eigenvalue weighted by atomic mass is 10.0. The summed E-state index contributed by atoms with van der Waals surface area (Å²) in [4.78, 5) is 20.7. The number of rotatable bonds is 8. The lowest BCUT2D eigenvalue weighted by Crippen LogP contribution is -2.24. The highest BCUT2D eigenvalue weighted by atomic mass is 32.2. The first-order valence-electron chi connectivity index (χ1n) is 9.05. The second-order valence-electron chi connectivity index (χ2n) is 6.88. The maximum absolute atomic E-state index is 14.7. The van der Waals surface area contributed by atoms with Gasteiger partial charge in [-0.3, -0.25) is 14.4 Å². The van der Waals surface area contributed by atoms with Crippen molar-refractivity contribution in [3.8, 4) is 11.1 Å². The summed E-state index contributed by atoms with van der Waals surface area (Å²) in [7, 11) is -3.70. The zero-order valence-corrected chi connectivity index (χ0v) is 16.2. The summed E-state index contributed by atoms with van der Waals surface area (Å²) >= 11 is 0. The van der Waals surface area contributed by atoms with Crippen LogP contribution in [0.25, 0.3) is 22.2 Å². The lowest BCUT2D eigenvalue weighted by molar-refractivity contribution is -0.107. The van der Waals surface area contributed by atoms with Gasteiger partial charge < -0.3 is 4.98 Å². The molecule has 0 spiro atoms. The molecule has 1 aliphatic rings. The van der Waals surface area contributed by atoms with E-state index in [1.54, 1.807) is 23.2 Å². The fraction of sp³-hybridized carbons (Fsp3) is 0.200. The molecule has 2 aromatic heterocycles. The number of hydrogen-bond donors (Lipinski definition) is 2. The van der Waals surface area contributed by atoms with Crippen LogP contribution in [0.4, 0.5) is 15.9 Å². The van der Waals surface area contributed by atoms with E-state index in [0.29, 0.717) is 22.6 Å². The second kappa shape index (κ2) is 7.32. The maximum Gasteiger partial charge on any atom is 0.236 e. The van der Waals surface area contributed by atoms with Crippen LogP contribution in [0.15, 0.2) is 49.2 Å². The molecule has 3 aromatic rings. The lowest BCUT2D eigenvalue weighted by Gasteiger charge is -2.17. The number of nitrogens with zero attached hydrogens (tertiary/aromatic N) is 2. The van der Waals surface area contributed by atoms with Crippen molar-refractivity contribution in [2.75, 3.05) is 15.4 Å². The van der Waals surface area contributed by atoms with Crippen LogP contribution in [0.3, 0.4) is 0 Å². The average Bonchev–Trinajstić information content (AvgIpc) is 3.39. The molecule has 150 valence electrons. The molecule has 1 amide bonds. The van der Waals surface area contributed by atoms with Crippen LogP contribution in [-0.2, 0) is 14.8 Å². The van der Waals surface area contributed by atoms with Gasteiger partial charge in [0.1, 0.15) is 17.3 Å². The maximum atomic E-state index is 14.7. The van der Waals surface area contributed by atoms with Gasteiger partial charge in [0.05, 0.1) is 11.4 Å². The molecule has 0 unspecified atom stereocenters. The largest absolute Gasteiger partial charge is 0.346 e. The van der Waals surface area contributed by atoms with Crippen LogP contribution in [0.5, 0.6) is 0 Å². The highest BCUT2D eigenvalue weighted by molar-refractivity contribution is 7.92. The van der Waals surface area contributed by atoms with Gasteiger partial charge in [-0.2, -0.15) is 0 Å². The van der Waals surface area contributed by atoms with Gasteiger partial charge >= 0.3 is 0 Å². The predicted molar refractivity (Wildman–Crippen MR) is 111 cm³/mol. The molecule has 1 saturated carbocycles. The number of hydrogen-bond acceptors (Lipinski definition) is 4. The van der Waals surface area contributed by atoms with Crippen LogP contribution in [-0.4, -0.2) is 36.6 Å². The van der Waals surface area contributed by atoms with Crippen LogP contribution in [0, 0.1) is 5.82 Å². The molecule has 0 saturated heterocycles. The molecule has 9 heteroatoms. The molecular formula is C20H19FN4O3S. The van der Waals surface area contributed by atoms with Gasteiger partial charge in [0.25, 0.3) is 0 Å². The van der Waals surface area contributed by atoms with Gasteiger partial charge in [-0.05, 0) is 48.2 Å². The summed E-state index contributed by atoms with van der Waals surface area (Å²) < 4.78 is 40.6. The summed E-state index contributed by atoms with van der Waals surface area (Å²) in [6.45, 7) is 3.38. The van der Waals surface area contributed by atoms with Crippen molar-refractivity contribution in [3.05, 3.63) is 55.0 Å². The third-order valence-electron chi connectivity index (χ3n) is 4.72. The molecule has 2 N–H and O–H groups in total. The predicted octanol–water partition coefficient (Wildman–Crippen LogP) is 3.42. The molecule has 1 aliphatic carbocycles. The third kappa shape index (κ3) is 3.86. The van der Waals surface area contributed by atoms with E-state index in [4.69, 9.17) is 0 Å². The van der Waals surface area contributed by atoms with Gasteiger partial charge in [-0.25, -0.2) is 17.8 Å². The Hall–Kier alpha value is -3.20. The first-order valence-corrected chi connectivity index (χ1v) is 10.7. The van der Waals surface area contributed by atoms with E-state index in [9.17, 15) is 17.6 Å². The van der Waals surface area contributed by atoms with Crippen LogP contribution < -0.4 is 9.62 Å². The molecule has 29 heavy (non-hydrogen) atoms. The number of aromatic nitrogens is 2. The van der Waals surface area contributed by atoms with Crippen molar-refractivity contribution in [3.63, 3.8) is 0 Å². The molecule has 0 aliphatic heterocycles. The number of H-pyrrole nitrogens is 1. The second-order valence-corrected chi connectivity index (χ2v) is 8.65. The van der Waals surface area contributed by atoms with Crippen molar-refractivity contribution in [2.45, 2.75) is 18.9 Å². The number of halogens is 1. The van der Waals surface area contributed by atoms with E-state index in [-0.39, 0.29) is 17.5 Å². The summed E-state index contributed by atoms with van der Waals surface area (Å²) in [6.07, 6.45) is 5.56. The van der Waals surface area contributed by atoms with Crippen molar-refractivity contribution in [2.24, 2.45) is 0 Å². The van der Waals surface area contributed by atoms with Crippen molar-refractivity contribution >= 4 is 39.0 Å². The van der Waals surface area contributed by atoms with E-state index in [1.165, 1.54) is 18.2 Å². The number of anilines is 2. The highest BCUT2D eigenvalue weighted by Crippen LogP contribution is 2.36. The molecule has 7 nitrogen and oxygen atoms in total. The fourth-order valence-electron chi connectivity index (χ4n) is 3.20. The minimum absolute atomic E-state index is 0.136. The van der Waals surface area contributed by atoms with E-state index in [0.717, 1.165) is 24.6 Å². The van der Waals surface area contributed by atoms with Crippen LogP contribution >= 0.6 is 0 Å². The summed E-state index contributed by atoms with van der Waals surface area (Å²) in [5.74, 6) is -0.524. The van der Waals surface area contributed by atoms with E-state index < -0.39 is 15.8 Å². The topological polar surface area (TPSA) is 95.2 Å². The third-order valence-corrected chi connectivity index (χ3v) is 5.92. The first-order chi connectivity index (χ1) is 13.9. The highest BCUT2D eigenvalue weighted by Gasteiger charge is 2.30. The summed E-state index contributed by atoms with van der Waals surface area (Å²) in [6, 6.07) is 7.98. The average molecular weight is 414 g/mol. The number of benzene rings is 1. The Morgan fingerprint density at radius 2 is 2.10 bits per heavy atom. The number of nitrogens with one attached hydrogen (secondary N) is 2. The Morgan fingerprint density at radius 3 is 2.76 bits per heavy atom. The molecule has 2 heterocycles. The molecule has 1 fully saturated rings. The Balaban J connectivity index is 1.76.